The second kappa shape index (κ2) is 7.70. The van der Waals surface area contributed by atoms with Gasteiger partial charge < -0.3 is 10.4 Å². The number of hydrogen-bond acceptors (Lipinski definition) is 3. The Labute approximate surface area is 175 Å². The molecule has 1 aromatic heterocycles. The van der Waals surface area contributed by atoms with Crippen LogP contribution in [-0.4, -0.2) is 27.6 Å². The molecule has 0 bridgehead atoms. The third-order valence-corrected chi connectivity index (χ3v) is 5.15. The summed E-state index contributed by atoms with van der Waals surface area (Å²) in [5.74, 6) is -0.404. The van der Waals surface area contributed by atoms with E-state index in [1.165, 1.54) is 53.3 Å². The average Bonchev–Trinajstić information content (AvgIpc) is 3.15. The number of halogens is 4. The smallest absolute Gasteiger partial charge is 0.381 e. The standard InChI is InChI=1S/C23H19F4N3O/c1-15-3-2-4-19(11-15)28-14-22(31,23(25,26)27)17-5-10-21-16(12-17)13-29-30(21)20-8-6-18(24)7-9-20/h2-13,28,31H,14H2,1H3. The lowest BCUT2D eigenvalue weighted by atomic mass is 9.92. The molecule has 1 unspecified atom stereocenters. The highest BCUT2D eigenvalue weighted by atomic mass is 19.4. The van der Waals surface area contributed by atoms with Gasteiger partial charge in [0.05, 0.1) is 23.9 Å². The van der Waals surface area contributed by atoms with Crippen LogP contribution in [0.25, 0.3) is 16.6 Å². The van der Waals surface area contributed by atoms with Crippen LogP contribution in [0.3, 0.4) is 0 Å². The quantitative estimate of drug-likeness (QED) is 0.422. The molecule has 8 heteroatoms. The molecule has 1 atom stereocenters. The fraction of sp³-hybridized carbons (Fsp3) is 0.174. The number of aromatic nitrogens is 2. The molecule has 0 fully saturated rings. The number of aryl methyl sites for hydroxylation is 1. The van der Waals surface area contributed by atoms with Gasteiger partial charge in [-0.25, -0.2) is 9.07 Å². The van der Waals surface area contributed by atoms with Crippen molar-refractivity contribution in [1.82, 2.24) is 9.78 Å². The Kier molecular flexibility index (Phi) is 5.18. The van der Waals surface area contributed by atoms with E-state index < -0.39 is 24.1 Å². The van der Waals surface area contributed by atoms with Gasteiger partial charge in [0.1, 0.15) is 5.82 Å². The van der Waals surface area contributed by atoms with Crippen LogP contribution >= 0.6 is 0 Å². The van der Waals surface area contributed by atoms with Crippen molar-refractivity contribution >= 4 is 16.6 Å². The number of nitrogens with zero attached hydrogens (tertiary/aromatic N) is 2. The Morgan fingerprint density at radius 3 is 2.42 bits per heavy atom. The SMILES string of the molecule is Cc1cccc(NCC(O)(c2ccc3c(cnn3-c3ccc(F)cc3)c2)C(F)(F)F)c1. The van der Waals surface area contributed by atoms with E-state index in [4.69, 9.17) is 0 Å². The molecule has 1 heterocycles. The number of rotatable bonds is 5. The fourth-order valence-corrected chi connectivity index (χ4v) is 3.43. The van der Waals surface area contributed by atoms with Gasteiger partial charge in [0, 0.05) is 11.1 Å². The molecule has 0 amide bonds. The van der Waals surface area contributed by atoms with Gasteiger partial charge in [0.2, 0.25) is 5.60 Å². The zero-order valence-electron chi connectivity index (χ0n) is 16.5. The monoisotopic (exact) mass is 429 g/mol. The van der Waals surface area contributed by atoms with Gasteiger partial charge in [0.25, 0.3) is 0 Å². The third kappa shape index (κ3) is 3.98. The summed E-state index contributed by atoms with van der Waals surface area (Å²) in [7, 11) is 0. The van der Waals surface area contributed by atoms with Crippen LogP contribution in [0.4, 0.5) is 23.2 Å². The molecule has 2 N–H and O–H groups in total. The van der Waals surface area contributed by atoms with E-state index >= 15 is 0 Å². The van der Waals surface area contributed by atoms with E-state index in [-0.39, 0.29) is 5.56 Å². The first-order valence-corrected chi connectivity index (χ1v) is 9.51. The van der Waals surface area contributed by atoms with E-state index in [2.05, 4.69) is 10.4 Å². The zero-order chi connectivity index (χ0) is 22.2. The highest BCUT2D eigenvalue weighted by Gasteiger charge is 2.55. The maximum atomic E-state index is 13.9. The highest BCUT2D eigenvalue weighted by molar-refractivity contribution is 5.81. The van der Waals surface area contributed by atoms with Gasteiger partial charge in [-0.3, -0.25) is 0 Å². The molecule has 0 aliphatic rings. The van der Waals surface area contributed by atoms with Crippen molar-refractivity contribution in [3.8, 4) is 5.69 Å². The number of fused-ring (bicyclic) bond motifs is 1. The molecule has 3 aromatic carbocycles. The lowest BCUT2D eigenvalue weighted by Crippen LogP contribution is -2.47. The van der Waals surface area contributed by atoms with Crippen LogP contribution in [0.2, 0.25) is 0 Å². The summed E-state index contributed by atoms with van der Waals surface area (Å²) in [4.78, 5) is 0. The Morgan fingerprint density at radius 1 is 1.00 bits per heavy atom. The van der Waals surface area contributed by atoms with Gasteiger partial charge >= 0.3 is 6.18 Å². The largest absolute Gasteiger partial charge is 0.423 e. The summed E-state index contributed by atoms with van der Waals surface area (Å²) < 4.78 is 56.5. The maximum absolute atomic E-state index is 13.9. The molecule has 0 saturated carbocycles. The minimum atomic E-state index is -4.91. The van der Waals surface area contributed by atoms with Crippen molar-refractivity contribution in [2.24, 2.45) is 0 Å². The molecule has 31 heavy (non-hydrogen) atoms. The molecule has 0 aliphatic heterocycles. The summed E-state index contributed by atoms with van der Waals surface area (Å²) in [6.45, 7) is 1.07. The highest BCUT2D eigenvalue weighted by Crippen LogP contribution is 2.40. The summed E-state index contributed by atoms with van der Waals surface area (Å²) in [5.41, 5.74) is -0.944. The number of anilines is 1. The molecule has 0 aliphatic carbocycles. The molecule has 160 valence electrons. The first-order chi connectivity index (χ1) is 14.7. The Morgan fingerprint density at radius 2 is 1.74 bits per heavy atom. The first-order valence-electron chi connectivity index (χ1n) is 9.51. The molecule has 0 spiro atoms. The van der Waals surface area contributed by atoms with Crippen molar-refractivity contribution < 1.29 is 22.7 Å². The van der Waals surface area contributed by atoms with Crippen molar-refractivity contribution in [2.75, 3.05) is 11.9 Å². The summed E-state index contributed by atoms with van der Waals surface area (Å²) >= 11 is 0. The second-order valence-electron chi connectivity index (χ2n) is 7.39. The number of nitrogens with one attached hydrogen (secondary N) is 1. The van der Waals surface area contributed by atoms with Crippen molar-refractivity contribution in [1.29, 1.82) is 0 Å². The summed E-state index contributed by atoms with van der Waals surface area (Å²) in [6, 6.07) is 16.4. The Hall–Kier alpha value is -3.39. The van der Waals surface area contributed by atoms with Gasteiger partial charge in [-0.2, -0.15) is 18.3 Å². The topological polar surface area (TPSA) is 50.1 Å². The van der Waals surface area contributed by atoms with Gasteiger partial charge in [0.15, 0.2) is 0 Å². The molecular formula is C23H19F4N3O. The predicted molar refractivity (Wildman–Crippen MR) is 111 cm³/mol. The summed E-state index contributed by atoms with van der Waals surface area (Å²) in [5, 5.41) is 18.0. The number of alkyl halides is 3. The van der Waals surface area contributed by atoms with Crippen molar-refractivity contribution in [3.05, 3.63) is 89.9 Å². The molecule has 0 radical (unpaired) electrons. The first kappa shape index (κ1) is 20.9. The van der Waals surface area contributed by atoms with Gasteiger partial charge in [-0.05, 0) is 66.6 Å². The zero-order valence-corrected chi connectivity index (χ0v) is 16.5. The third-order valence-electron chi connectivity index (χ3n) is 5.15. The van der Waals surface area contributed by atoms with Crippen molar-refractivity contribution in [2.45, 2.75) is 18.7 Å². The average molecular weight is 429 g/mol. The molecular weight excluding hydrogens is 410 g/mol. The normalized spacial score (nSPS) is 13.9. The van der Waals surface area contributed by atoms with E-state index in [1.54, 1.807) is 18.2 Å². The van der Waals surface area contributed by atoms with Crippen LogP contribution in [0.15, 0.2) is 72.9 Å². The van der Waals surface area contributed by atoms with Crippen molar-refractivity contribution in [3.63, 3.8) is 0 Å². The minimum absolute atomic E-state index is 0.300. The molecule has 0 saturated heterocycles. The van der Waals surface area contributed by atoms with Crippen LogP contribution in [0.5, 0.6) is 0 Å². The van der Waals surface area contributed by atoms with E-state index in [9.17, 15) is 22.7 Å². The lowest BCUT2D eigenvalue weighted by Gasteiger charge is -2.31. The van der Waals surface area contributed by atoms with Gasteiger partial charge in [-0.1, -0.05) is 18.2 Å². The Bertz CT molecular complexity index is 1220. The fourth-order valence-electron chi connectivity index (χ4n) is 3.43. The number of hydrogen-bond donors (Lipinski definition) is 2. The predicted octanol–water partition coefficient (Wildman–Crippen LogP) is 5.34. The lowest BCUT2D eigenvalue weighted by molar-refractivity contribution is -0.260. The van der Waals surface area contributed by atoms with Gasteiger partial charge in [-0.15, -0.1) is 0 Å². The molecule has 4 nitrogen and oxygen atoms in total. The summed E-state index contributed by atoms with van der Waals surface area (Å²) in [6.07, 6.45) is -3.50. The maximum Gasteiger partial charge on any atom is 0.423 e. The van der Waals surface area contributed by atoms with E-state index in [1.807, 2.05) is 13.0 Å². The molecule has 4 aromatic rings. The Balaban J connectivity index is 1.70. The van der Waals surface area contributed by atoms with E-state index in [0.29, 0.717) is 22.3 Å². The molecule has 4 rings (SSSR count). The number of aliphatic hydroxyl groups is 1. The van der Waals surface area contributed by atoms with E-state index in [0.717, 1.165) is 5.56 Å². The minimum Gasteiger partial charge on any atom is -0.381 e. The van der Waals surface area contributed by atoms with Crippen LogP contribution < -0.4 is 5.32 Å². The number of benzene rings is 3. The van der Waals surface area contributed by atoms with Crippen LogP contribution in [-0.2, 0) is 5.60 Å². The second-order valence-corrected chi connectivity index (χ2v) is 7.39. The van der Waals surface area contributed by atoms with Crippen LogP contribution in [0.1, 0.15) is 11.1 Å². The van der Waals surface area contributed by atoms with Crippen LogP contribution in [0, 0.1) is 12.7 Å².